The third-order valence-electron chi connectivity index (χ3n) is 4.33. The van der Waals surface area contributed by atoms with Crippen LogP contribution >= 0.6 is 11.6 Å². The van der Waals surface area contributed by atoms with Gasteiger partial charge in [-0.3, -0.25) is 9.78 Å². The lowest BCUT2D eigenvalue weighted by Crippen LogP contribution is -2.31. The highest BCUT2D eigenvalue weighted by molar-refractivity contribution is 6.33. The van der Waals surface area contributed by atoms with Crippen LogP contribution in [0.25, 0.3) is 0 Å². The van der Waals surface area contributed by atoms with Crippen molar-refractivity contribution in [1.82, 2.24) is 19.4 Å². The second-order valence-electron chi connectivity index (χ2n) is 5.72. The standard InChI is InChI=1S/C16H20ClN5O/c1-3-22-14(23)8-11(15(22)16-19-6-7-21(16)2)9-20-13-4-5-18-10-12(13)17/h4-7,10-11,15H,3,8-9H2,1-2H3,(H,18,20)/t11-,15+/m0/s1. The molecule has 0 spiro atoms. The van der Waals surface area contributed by atoms with E-state index in [1.165, 1.54) is 0 Å². The van der Waals surface area contributed by atoms with Gasteiger partial charge in [-0.25, -0.2) is 4.98 Å². The normalized spacial score (nSPS) is 21.0. The minimum atomic E-state index is -0.0133. The first-order valence-electron chi connectivity index (χ1n) is 7.72. The fraction of sp³-hybridized carbons (Fsp3) is 0.438. The summed E-state index contributed by atoms with van der Waals surface area (Å²) in [4.78, 5) is 22.7. The zero-order valence-electron chi connectivity index (χ0n) is 13.2. The number of rotatable bonds is 5. The molecule has 2 atom stereocenters. The number of halogens is 1. The fourth-order valence-corrected chi connectivity index (χ4v) is 3.38. The van der Waals surface area contributed by atoms with Crippen LogP contribution in [0.15, 0.2) is 30.9 Å². The summed E-state index contributed by atoms with van der Waals surface area (Å²) in [6.45, 7) is 3.34. The number of likely N-dealkylation sites (tertiary alicyclic amines) is 1. The summed E-state index contributed by atoms with van der Waals surface area (Å²) in [6, 6.07) is 1.83. The number of hydrogen-bond donors (Lipinski definition) is 1. The molecule has 1 amide bonds. The number of carbonyl (C=O) groups excluding carboxylic acids is 1. The first kappa shape index (κ1) is 15.8. The number of nitrogens with one attached hydrogen (secondary N) is 1. The lowest BCUT2D eigenvalue weighted by Gasteiger charge is -2.27. The summed E-state index contributed by atoms with van der Waals surface area (Å²) in [7, 11) is 1.96. The average molecular weight is 334 g/mol. The van der Waals surface area contributed by atoms with E-state index in [0.717, 1.165) is 11.5 Å². The molecule has 3 heterocycles. The molecule has 0 saturated carbocycles. The van der Waals surface area contributed by atoms with Crippen molar-refractivity contribution in [3.8, 4) is 0 Å². The molecule has 122 valence electrons. The van der Waals surface area contributed by atoms with Crippen molar-refractivity contribution in [2.45, 2.75) is 19.4 Å². The number of aromatic nitrogens is 3. The number of anilines is 1. The number of amides is 1. The zero-order valence-corrected chi connectivity index (χ0v) is 14.0. The summed E-state index contributed by atoms with van der Waals surface area (Å²) in [6.07, 6.45) is 7.51. The molecular weight excluding hydrogens is 314 g/mol. The van der Waals surface area contributed by atoms with E-state index in [0.29, 0.717) is 24.5 Å². The molecule has 1 aliphatic heterocycles. The van der Waals surface area contributed by atoms with E-state index in [1.807, 2.05) is 35.7 Å². The van der Waals surface area contributed by atoms with E-state index in [9.17, 15) is 4.79 Å². The van der Waals surface area contributed by atoms with Gasteiger partial charge in [-0.05, 0) is 13.0 Å². The van der Waals surface area contributed by atoms with Crippen molar-refractivity contribution in [2.75, 3.05) is 18.4 Å². The summed E-state index contributed by atoms with van der Waals surface area (Å²) in [5.74, 6) is 1.24. The van der Waals surface area contributed by atoms with Gasteiger partial charge >= 0.3 is 0 Å². The molecule has 0 bridgehead atoms. The van der Waals surface area contributed by atoms with Gasteiger partial charge in [-0.1, -0.05) is 11.6 Å². The van der Waals surface area contributed by atoms with E-state index in [4.69, 9.17) is 11.6 Å². The molecule has 23 heavy (non-hydrogen) atoms. The second kappa shape index (κ2) is 6.58. The second-order valence-corrected chi connectivity index (χ2v) is 6.13. The Morgan fingerprint density at radius 1 is 1.43 bits per heavy atom. The Labute approximate surface area is 140 Å². The molecule has 7 heteroatoms. The highest BCUT2D eigenvalue weighted by Crippen LogP contribution is 2.37. The molecule has 0 aliphatic carbocycles. The molecular formula is C16H20ClN5O. The highest BCUT2D eigenvalue weighted by Gasteiger charge is 2.41. The maximum Gasteiger partial charge on any atom is 0.223 e. The van der Waals surface area contributed by atoms with Crippen molar-refractivity contribution in [3.63, 3.8) is 0 Å². The highest BCUT2D eigenvalue weighted by atomic mass is 35.5. The van der Waals surface area contributed by atoms with Gasteiger partial charge < -0.3 is 14.8 Å². The van der Waals surface area contributed by atoms with Gasteiger partial charge in [0, 0.05) is 57.3 Å². The number of carbonyl (C=O) groups is 1. The van der Waals surface area contributed by atoms with Crippen molar-refractivity contribution >= 4 is 23.2 Å². The van der Waals surface area contributed by atoms with Crippen LogP contribution in [0.5, 0.6) is 0 Å². The zero-order chi connectivity index (χ0) is 16.4. The van der Waals surface area contributed by atoms with Gasteiger partial charge in [0.05, 0.1) is 16.8 Å². The van der Waals surface area contributed by atoms with Crippen LogP contribution in [0.4, 0.5) is 5.69 Å². The van der Waals surface area contributed by atoms with Crippen LogP contribution < -0.4 is 5.32 Å². The van der Waals surface area contributed by atoms with Crippen LogP contribution in [0.2, 0.25) is 5.02 Å². The van der Waals surface area contributed by atoms with Gasteiger partial charge in [0.15, 0.2) is 0 Å². The van der Waals surface area contributed by atoms with Gasteiger partial charge in [0.1, 0.15) is 5.82 Å². The van der Waals surface area contributed by atoms with Gasteiger partial charge in [-0.2, -0.15) is 0 Å². The molecule has 1 fully saturated rings. The van der Waals surface area contributed by atoms with Crippen LogP contribution in [-0.2, 0) is 11.8 Å². The Morgan fingerprint density at radius 3 is 2.91 bits per heavy atom. The number of aryl methyl sites for hydroxylation is 1. The van der Waals surface area contributed by atoms with E-state index < -0.39 is 0 Å². The fourth-order valence-electron chi connectivity index (χ4n) is 3.19. The van der Waals surface area contributed by atoms with Gasteiger partial charge in [-0.15, -0.1) is 0 Å². The van der Waals surface area contributed by atoms with E-state index in [1.54, 1.807) is 18.6 Å². The molecule has 0 aromatic carbocycles. The van der Waals surface area contributed by atoms with E-state index >= 15 is 0 Å². The largest absolute Gasteiger partial charge is 0.383 e. The average Bonchev–Trinajstić information content (AvgIpc) is 3.09. The predicted molar refractivity (Wildman–Crippen MR) is 89.2 cm³/mol. The van der Waals surface area contributed by atoms with Crippen LogP contribution in [-0.4, -0.2) is 38.4 Å². The molecule has 6 nitrogen and oxygen atoms in total. The molecule has 0 radical (unpaired) electrons. The summed E-state index contributed by atoms with van der Waals surface area (Å²) >= 11 is 6.14. The summed E-state index contributed by atoms with van der Waals surface area (Å²) in [5.41, 5.74) is 0.836. The molecule has 2 aromatic heterocycles. The monoisotopic (exact) mass is 333 g/mol. The quantitative estimate of drug-likeness (QED) is 0.913. The van der Waals surface area contributed by atoms with Crippen molar-refractivity contribution < 1.29 is 4.79 Å². The van der Waals surface area contributed by atoms with E-state index in [-0.39, 0.29) is 17.9 Å². The lowest BCUT2D eigenvalue weighted by atomic mass is 9.99. The maximum atomic E-state index is 12.3. The van der Waals surface area contributed by atoms with Crippen LogP contribution in [0.1, 0.15) is 25.2 Å². The molecule has 1 saturated heterocycles. The smallest absolute Gasteiger partial charge is 0.223 e. The third kappa shape index (κ3) is 3.03. The first-order valence-corrected chi connectivity index (χ1v) is 8.09. The van der Waals surface area contributed by atoms with Crippen molar-refractivity contribution in [3.05, 3.63) is 41.7 Å². The Balaban J connectivity index is 1.81. The summed E-state index contributed by atoms with van der Waals surface area (Å²) < 4.78 is 1.98. The van der Waals surface area contributed by atoms with Crippen molar-refractivity contribution in [1.29, 1.82) is 0 Å². The third-order valence-corrected chi connectivity index (χ3v) is 4.63. The first-order chi connectivity index (χ1) is 11.1. The molecule has 3 rings (SSSR count). The van der Waals surface area contributed by atoms with Crippen molar-refractivity contribution in [2.24, 2.45) is 13.0 Å². The minimum absolute atomic E-state index is 0.0133. The lowest BCUT2D eigenvalue weighted by molar-refractivity contribution is -0.128. The Morgan fingerprint density at radius 2 is 2.26 bits per heavy atom. The Kier molecular flexibility index (Phi) is 4.52. The molecule has 2 aromatic rings. The van der Waals surface area contributed by atoms with Gasteiger partial charge in [0.25, 0.3) is 0 Å². The number of pyridine rings is 1. The number of hydrogen-bond acceptors (Lipinski definition) is 4. The molecule has 1 aliphatic rings. The molecule has 0 unspecified atom stereocenters. The Hall–Kier alpha value is -2.08. The SMILES string of the molecule is CCN1C(=O)C[C@@H](CNc2ccncc2Cl)[C@@H]1c1nccn1C. The number of imidazole rings is 1. The van der Waals surface area contributed by atoms with E-state index in [2.05, 4.69) is 15.3 Å². The summed E-state index contributed by atoms with van der Waals surface area (Å²) in [5, 5.41) is 3.92. The minimum Gasteiger partial charge on any atom is -0.383 e. The van der Waals surface area contributed by atoms with Crippen LogP contribution in [0.3, 0.4) is 0 Å². The predicted octanol–water partition coefficient (Wildman–Crippen LogP) is 2.49. The maximum absolute atomic E-state index is 12.3. The Bertz CT molecular complexity index is 701. The van der Waals surface area contributed by atoms with Gasteiger partial charge in [0.2, 0.25) is 5.91 Å². The number of nitrogens with zero attached hydrogens (tertiary/aromatic N) is 4. The van der Waals surface area contributed by atoms with Crippen LogP contribution in [0, 0.1) is 5.92 Å². The molecule has 1 N–H and O–H groups in total. The topological polar surface area (TPSA) is 63.1 Å².